The number of amides is 1. The molecule has 0 aliphatic carbocycles. The molecule has 0 N–H and O–H groups in total. The highest BCUT2D eigenvalue weighted by Gasteiger charge is 2.24. The standard InChI is InChI=1S/C20H22N4O/c1-15-5-3-6-17(13-15)22-9-11-23(12-10-22)20(25)18-7-4-8-24-14-16(2)21-19(18)24/h3-8,13-14H,9-12H2,1-2H3. The molecule has 2 aromatic heterocycles. The zero-order valence-electron chi connectivity index (χ0n) is 14.6. The lowest BCUT2D eigenvalue weighted by atomic mass is 10.1. The van der Waals surface area contributed by atoms with E-state index >= 15 is 0 Å². The molecule has 0 unspecified atom stereocenters. The van der Waals surface area contributed by atoms with Gasteiger partial charge in [-0.15, -0.1) is 0 Å². The highest BCUT2D eigenvalue weighted by Crippen LogP contribution is 2.20. The summed E-state index contributed by atoms with van der Waals surface area (Å²) in [7, 11) is 0. The molecule has 0 atom stereocenters. The zero-order chi connectivity index (χ0) is 17.4. The van der Waals surface area contributed by atoms with E-state index in [1.54, 1.807) is 0 Å². The van der Waals surface area contributed by atoms with Crippen LogP contribution in [-0.4, -0.2) is 46.4 Å². The molecular weight excluding hydrogens is 312 g/mol. The molecule has 0 saturated carbocycles. The smallest absolute Gasteiger partial charge is 0.257 e. The quantitative estimate of drug-likeness (QED) is 0.723. The minimum atomic E-state index is 0.0695. The van der Waals surface area contributed by atoms with Gasteiger partial charge in [0, 0.05) is 44.3 Å². The van der Waals surface area contributed by atoms with Crippen molar-refractivity contribution >= 4 is 17.2 Å². The zero-order valence-corrected chi connectivity index (χ0v) is 14.6. The molecule has 0 radical (unpaired) electrons. The van der Waals surface area contributed by atoms with Crippen LogP contribution in [-0.2, 0) is 0 Å². The third kappa shape index (κ3) is 2.97. The van der Waals surface area contributed by atoms with E-state index in [1.165, 1.54) is 11.3 Å². The Kier molecular flexibility index (Phi) is 3.92. The van der Waals surface area contributed by atoms with Crippen LogP contribution in [0.1, 0.15) is 21.6 Å². The van der Waals surface area contributed by atoms with Gasteiger partial charge in [0.25, 0.3) is 5.91 Å². The summed E-state index contributed by atoms with van der Waals surface area (Å²) in [5.74, 6) is 0.0695. The first kappa shape index (κ1) is 15.7. The number of rotatable bonds is 2. The van der Waals surface area contributed by atoms with Gasteiger partial charge in [-0.05, 0) is 43.7 Å². The Labute approximate surface area is 147 Å². The maximum atomic E-state index is 13.0. The first-order valence-corrected chi connectivity index (χ1v) is 8.67. The second-order valence-electron chi connectivity index (χ2n) is 6.65. The van der Waals surface area contributed by atoms with Gasteiger partial charge in [0.2, 0.25) is 0 Å². The van der Waals surface area contributed by atoms with Crippen molar-refractivity contribution in [1.29, 1.82) is 0 Å². The summed E-state index contributed by atoms with van der Waals surface area (Å²) in [5.41, 5.74) is 4.84. The van der Waals surface area contributed by atoms with Crippen LogP contribution in [0, 0.1) is 13.8 Å². The van der Waals surface area contributed by atoms with Crippen molar-refractivity contribution in [3.05, 3.63) is 65.6 Å². The number of carbonyl (C=O) groups excluding carboxylic acids is 1. The van der Waals surface area contributed by atoms with E-state index in [0.717, 1.165) is 37.5 Å². The molecule has 1 aliphatic heterocycles. The van der Waals surface area contributed by atoms with Crippen LogP contribution in [0.2, 0.25) is 0 Å². The van der Waals surface area contributed by atoms with Gasteiger partial charge < -0.3 is 14.2 Å². The number of piperazine rings is 1. The number of anilines is 1. The number of carbonyl (C=O) groups is 1. The van der Waals surface area contributed by atoms with Crippen molar-refractivity contribution in [3.8, 4) is 0 Å². The summed E-state index contributed by atoms with van der Waals surface area (Å²) < 4.78 is 1.92. The van der Waals surface area contributed by atoms with Crippen molar-refractivity contribution < 1.29 is 4.79 Å². The molecule has 1 saturated heterocycles. The van der Waals surface area contributed by atoms with Crippen LogP contribution in [0.4, 0.5) is 5.69 Å². The van der Waals surface area contributed by atoms with Crippen molar-refractivity contribution in [3.63, 3.8) is 0 Å². The third-order valence-corrected chi connectivity index (χ3v) is 4.77. The number of imidazole rings is 1. The number of benzene rings is 1. The predicted octanol–water partition coefficient (Wildman–Crippen LogP) is 2.91. The molecule has 3 heterocycles. The van der Waals surface area contributed by atoms with Crippen LogP contribution >= 0.6 is 0 Å². The van der Waals surface area contributed by atoms with E-state index in [1.807, 2.05) is 40.8 Å². The van der Waals surface area contributed by atoms with Gasteiger partial charge in [-0.25, -0.2) is 4.98 Å². The molecule has 5 heteroatoms. The lowest BCUT2D eigenvalue weighted by molar-refractivity contribution is 0.0748. The van der Waals surface area contributed by atoms with Gasteiger partial charge in [0.1, 0.15) is 5.65 Å². The Morgan fingerprint density at radius 2 is 1.84 bits per heavy atom. The lowest BCUT2D eigenvalue weighted by Gasteiger charge is -2.36. The SMILES string of the molecule is Cc1cccc(N2CCN(C(=O)c3cccn4cc(C)nc34)CC2)c1. The van der Waals surface area contributed by atoms with E-state index in [2.05, 4.69) is 41.1 Å². The molecule has 128 valence electrons. The molecule has 0 bridgehead atoms. The number of aryl methyl sites for hydroxylation is 2. The van der Waals surface area contributed by atoms with Gasteiger partial charge in [0.05, 0.1) is 11.3 Å². The van der Waals surface area contributed by atoms with Gasteiger partial charge in [-0.3, -0.25) is 4.79 Å². The molecule has 1 aromatic carbocycles. The maximum Gasteiger partial charge on any atom is 0.257 e. The van der Waals surface area contributed by atoms with Crippen LogP contribution in [0.25, 0.3) is 5.65 Å². The summed E-state index contributed by atoms with van der Waals surface area (Å²) in [5, 5.41) is 0. The molecule has 25 heavy (non-hydrogen) atoms. The average molecular weight is 334 g/mol. The molecule has 5 nitrogen and oxygen atoms in total. The average Bonchev–Trinajstić information content (AvgIpc) is 3.01. The monoisotopic (exact) mass is 334 g/mol. The summed E-state index contributed by atoms with van der Waals surface area (Å²) in [6, 6.07) is 12.3. The molecule has 1 fully saturated rings. The van der Waals surface area contributed by atoms with Gasteiger partial charge in [-0.2, -0.15) is 0 Å². The fraction of sp³-hybridized carbons (Fsp3) is 0.300. The number of hydrogen-bond acceptors (Lipinski definition) is 3. The minimum absolute atomic E-state index is 0.0695. The Morgan fingerprint density at radius 3 is 2.60 bits per heavy atom. The summed E-state index contributed by atoms with van der Waals surface area (Å²) >= 11 is 0. The van der Waals surface area contributed by atoms with Crippen molar-refractivity contribution in [2.75, 3.05) is 31.1 Å². The summed E-state index contributed by atoms with van der Waals surface area (Å²) in [6.45, 7) is 7.22. The van der Waals surface area contributed by atoms with Crippen LogP contribution < -0.4 is 4.90 Å². The molecule has 1 amide bonds. The number of pyridine rings is 1. The van der Waals surface area contributed by atoms with Crippen LogP contribution in [0.5, 0.6) is 0 Å². The Bertz CT molecular complexity index is 922. The first-order valence-electron chi connectivity index (χ1n) is 8.67. The highest BCUT2D eigenvalue weighted by atomic mass is 16.2. The van der Waals surface area contributed by atoms with E-state index in [9.17, 15) is 4.79 Å². The second-order valence-corrected chi connectivity index (χ2v) is 6.65. The van der Waals surface area contributed by atoms with Crippen LogP contribution in [0.3, 0.4) is 0 Å². The fourth-order valence-electron chi connectivity index (χ4n) is 3.47. The van der Waals surface area contributed by atoms with E-state index in [-0.39, 0.29) is 5.91 Å². The maximum absolute atomic E-state index is 13.0. The van der Waals surface area contributed by atoms with Crippen molar-refractivity contribution in [1.82, 2.24) is 14.3 Å². The summed E-state index contributed by atoms with van der Waals surface area (Å²) in [4.78, 5) is 21.8. The van der Waals surface area contributed by atoms with E-state index < -0.39 is 0 Å². The number of fused-ring (bicyclic) bond motifs is 1. The fourth-order valence-corrected chi connectivity index (χ4v) is 3.47. The molecule has 1 aliphatic rings. The Morgan fingerprint density at radius 1 is 1.04 bits per heavy atom. The van der Waals surface area contributed by atoms with Crippen molar-refractivity contribution in [2.45, 2.75) is 13.8 Å². The number of aromatic nitrogens is 2. The van der Waals surface area contributed by atoms with E-state index in [4.69, 9.17) is 0 Å². The first-order chi connectivity index (χ1) is 12.1. The molecular formula is C20H22N4O. The normalized spacial score (nSPS) is 15.0. The van der Waals surface area contributed by atoms with Gasteiger partial charge in [-0.1, -0.05) is 12.1 Å². The highest BCUT2D eigenvalue weighted by molar-refractivity contribution is 6.00. The largest absolute Gasteiger partial charge is 0.368 e. The predicted molar refractivity (Wildman–Crippen MR) is 99.2 cm³/mol. The molecule has 3 aromatic rings. The Hall–Kier alpha value is -2.82. The summed E-state index contributed by atoms with van der Waals surface area (Å²) in [6.07, 6.45) is 3.88. The third-order valence-electron chi connectivity index (χ3n) is 4.77. The number of nitrogens with zero attached hydrogens (tertiary/aromatic N) is 4. The minimum Gasteiger partial charge on any atom is -0.368 e. The molecule has 4 rings (SSSR count). The van der Waals surface area contributed by atoms with Gasteiger partial charge >= 0.3 is 0 Å². The van der Waals surface area contributed by atoms with Crippen LogP contribution in [0.15, 0.2) is 48.8 Å². The topological polar surface area (TPSA) is 40.9 Å². The number of hydrogen-bond donors (Lipinski definition) is 0. The van der Waals surface area contributed by atoms with E-state index in [0.29, 0.717) is 5.56 Å². The second kappa shape index (κ2) is 6.24. The Balaban J connectivity index is 1.51. The molecule has 0 spiro atoms. The van der Waals surface area contributed by atoms with Gasteiger partial charge in [0.15, 0.2) is 0 Å². The van der Waals surface area contributed by atoms with Crippen molar-refractivity contribution in [2.24, 2.45) is 0 Å². The lowest BCUT2D eigenvalue weighted by Crippen LogP contribution is -2.48.